The molecule has 0 unspecified atom stereocenters. The Bertz CT molecular complexity index is 2490. The predicted molar refractivity (Wildman–Crippen MR) is 356 cm³/mol. The molecular formula is C63H112N8O35. The number of carbonyl (C=O) groups is 9. The second-order valence-corrected chi connectivity index (χ2v) is 24.0. The molecule has 0 aliphatic carbocycles. The third-order valence-corrected chi connectivity index (χ3v) is 15.6. The Morgan fingerprint density at radius 1 is 0.349 bits per heavy atom. The molecule has 614 valence electrons. The predicted octanol–water partition coefficient (Wildman–Crippen LogP) is -9.63. The third-order valence-electron chi connectivity index (χ3n) is 15.6. The Kier molecular flexibility index (Phi) is 50.1. The fourth-order valence-electron chi connectivity index (χ4n) is 10.3. The average Bonchev–Trinajstić information content (AvgIpc) is 0.823. The molecule has 0 bridgehead atoms. The van der Waals surface area contributed by atoms with Gasteiger partial charge in [-0.2, -0.15) is 0 Å². The molecule has 0 aromatic carbocycles. The van der Waals surface area contributed by atoms with E-state index in [9.17, 15) is 89.1 Å². The lowest BCUT2D eigenvalue weighted by molar-refractivity contribution is -0.272. The van der Waals surface area contributed by atoms with Crippen LogP contribution in [-0.2, 0) is 114 Å². The summed E-state index contributed by atoms with van der Waals surface area (Å²) < 4.78 is 87.0. The summed E-state index contributed by atoms with van der Waals surface area (Å²) in [6.07, 6.45) is -16.1. The lowest BCUT2D eigenvalue weighted by atomic mass is 9.97. The Hall–Kier alpha value is -5.93. The van der Waals surface area contributed by atoms with Gasteiger partial charge in [0.1, 0.15) is 112 Å². The van der Waals surface area contributed by atoms with Gasteiger partial charge in [-0.05, 0) is 38.5 Å². The Morgan fingerprint density at radius 2 is 0.651 bits per heavy atom. The van der Waals surface area contributed by atoms with Gasteiger partial charge in [-0.25, -0.2) is 4.79 Å². The second-order valence-electron chi connectivity index (χ2n) is 24.0. The highest BCUT2D eigenvalue weighted by molar-refractivity contribution is 5.92. The first-order chi connectivity index (χ1) is 50.9. The maximum Gasteiger partial charge on any atom is 0.505 e. The fraction of sp³-hybridized carbons (Fsp3) is 0.857. The van der Waals surface area contributed by atoms with Gasteiger partial charge < -0.3 is 169 Å². The van der Waals surface area contributed by atoms with Crippen molar-refractivity contribution in [1.29, 1.82) is 0 Å². The van der Waals surface area contributed by atoms with Crippen molar-refractivity contribution in [3.05, 3.63) is 0 Å². The van der Waals surface area contributed by atoms with Crippen molar-refractivity contribution in [3.8, 4) is 0 Å². The van der Waals surface area contributed by atoms with Crippen LogP contribution in [0.4, 0.5) is 4.79 Å². The van der Waals surface area contributed by atoms with Gasteiger partial charge in [-0.3, -0.25) is 38.4 Å². The lowest BCUT2D eigenvalue weighted by Gasteiger charge is -2.42. The van der Waals surface area contributed by atoms with Crippen molar-refractivity contribution in [2.75, 3.05) is 185 Å². The molecule has 3 saturated heterocycles. The van der Waals surface area contributed by atoms with Crippen LogP contribution in [0.2, 0.25) is 0 Å². The van der Waals surface area contributed by atoms with Crippen LogP contribution in [0, 0.1) is 0 Å². The highest BCUT2D eigenvalue weighted by Gasteiger charge is 2.48. The van der Waals surface area contributed by atoms with Gasteiger partial charge in [0.15, 0.2) is 18.9 Å². The van der Waals surface area contributed by atoms with E-state index in [1.165, 1.54) is 20.8 Å². The van der Waals surface area contributed by atoms with Gasteiger partial charge in [-0.1, -0.05) is 0 Å². The number of aliphatic hydroxyl groups excluding tert-OH is 9. The van der Waals surface area contributed by atoms with Crippen LogP contribution < -0.4 is 42.5 Å². The molecule has 106 heavy (non-hydrogen) atoms. The van der Waals surface area contributed by atoms with Crippen molar-refractivity contribution in [3.63, 3.8) is 0 Å². The van der Waals surface area contributed by atoms with Gasteiger partial charge >= 0.3 is 6.16 Å². The molecule has 43 heteroatoms. The number of carbonyl (C=O) groups excluding carboxylic acids is 8. The van der Waals surface area contributed by atoms with Crippen molar-refractivity contribution in [2.24, 2.45) is 0 Å². The number of hydrogen-bond donors (Lipinski definition) is 18. The topological polar surface area (TPSA) is 600 Å². The smallest absolute Gasteiger partial charge is 0.450 e. The van der Waals surface area contributed by atoms with Crippen molar-refractivity contribution >= 4 is 53.4 Å². The van der Waals surface area contributed by atoms with Gasteiger partial charge in [0.2, 0.25) is 47.3 Å². The van der Waals surface area contributed by atoms with E-state index in [-0.39, 0.29) is 177 Å². The minimum atomic E-state index is -1.58. The zero-order chi connectivity index (χ0) is 78.0. The highest BCUT2D eigenvalue weighted by atomic mass is 16.7. The van der Waals surface area contributed by atoms with E-state index in [2.05, 4.69) is 47.3 Å². The molecule has 3 fully saturated rings. The third kappa shape index (κ3) is 39.4. The van der Waals surface area contributed by atoms with Crippen molar-refractivity contribution in [2.45, 2.75) is 163 Å². The first-order valence-electron chi connectivity index (χ1n) is 34.9. The van der Waals surface area contributed by atoms with Crippen LogP contribution in [0.15, 0.2) is 0 Å². The Morgan fingerprint density at radius 3 is 0.962 bits per heavy atom. The lowest BCUT2D eigenvalue weighted by Crippen LogP contribution is -2.64. The van der Waals surface area contributed by atoms with Gasteiger partial charge in [0.05, 0.1) is 145 Å². The van der Waals surface area contributed by atoms with Gasteiger partial charge in [0, 0.05) is 33.9 Å². The molecule has 8 amide bonds. The van der Waals surface area contributed by atoms with Crippen molar-refractivity contribution < 1.29 is 170 Å². The molecule has 0 radical (unpaired) electrons. The number of rotatable bonds is 59. The second kappa shape index (κ2) is 56.3. The van der Waals surface area contributed by atoms with E-state index in [1.807, 2.05) is 0 Å². The Balaban J connectivity index is 1.43. The summed E-state index contributed by atoms with van der Waals surface area (Å²) in [5.74, 6) is -4.60. The summed E-state index contributed by atoms with van der Waals surface area (Å²) >= 11 is 0. The number of nitrogens with one attached hydrogen (secondary N) is 8. The molecule has 18 N–H and O–H groups in total. The molecule has 3 aliphatic heterocycles. The minimum absolute atomic E-state index is 0.0139. The molecule has 43 nitrogen and oxygen atoms in total. The monoisotopic (exact) mass is 1540 g/mol. The van der Waals surface area contributed by atoms with Crippen LogP contribution in [0.3, 0.4) is 0 Å². The maximum absolute atomic E-state index is 14.0. The van der Waals surface area contributed by atoms with E-state index >= 15 is 0 Å². The normalized spacial score (nSPS) is 24.9. The zero-order valence-corrected chi connectivity index (χ0v) is 60.0. The van der Waals surface area contributed by atoms with E-state index in [0.717, 1.165) is 0 Å². The summed E-state index contributed by atoms with van der Waals surface area (Å²) in [7, 11) is 0. The van der Waals surface area contributed by atoms with Crippen molar-refractivity contribution in [1.82, 2.24) is 42.5 Å². The van der Waals surface area contributed by atoms with Crippen LogP contribution in [0.25, 0.3) is 0 Å². The minimum Gasteiger partial charge on any atom is -0.450 e. The average molecular weight is 1540 g/mol. The molecule has 3 rings (SSSR count). The van der Waals surface area contributed by atoms with E-state index in [4.69, 9.17) is 76.2 Å². The maximum atomic E-state index is 14.0. The number of carboxylic acid groups (broad SMARTS) is 1. The summed E-state index contributed by atoms with van der Waals surface area (Å²) in [4.78, 5) is 112. The van der Waals surface area contributed by atoms with Crippen LogP contribution in [0.5, 0.6) is 0 Å². The molecule has 0 aromatic rings. The Labute approximate surface area is 612 Å². The largest absolute Gasteiger partial charge is 0.505 e. The number of hydrogen-bond acceptors (Lipinski definition) is 34. The molecule has 0 aromatic heterocycles. The first kappa shape index (κ1) is 94.3. The first-order valence-corrected chi connectivity index (χ1v) is 34.9. The molecule has 0 saturated carbocycles. The van der Waals surface area contributed by atoms with E-state index < -0.39 is 190 Å². The quantitative estimate of drug-likeness (QED) is 0.0199. The number of aliphatic hydroxyl groups is 9. The summed E-state index contributed by atoms with van der Waals surface area (Å²) in [6, 6.07) is -5.78. The van der Waals surface area contributed by atoms with Crippen LogP contribution in [0.1, 0.15) is 59.3 Å². The number of ether oxygens (including phenoxy) is 16. The fourth-order valence-corrected chi connectivity index (χ4v) is 10.3. The van der Waals surface area contributed by atoms with E-state index in [0.29, 0.717) is 12.8 Å². The summed E-state index contributed by atoms with van der Waals surface area (Å²) in [5, 5.41) is 120. The highest BCUT2D eigenvalue weighted by Crippen LogP contribution is 2.25. The zero-order valence-electron chi connectivity index (χ0n) is 60.0. The summed E-state index contributed by atoms with van der Waals surface area (Å²) in [6.45, 7) is 1.47. The SMILES string of the molecule is CC(=O)N[C@H]1[C@H](OCCOCCOCCOCC(=O)NCCCC[C@H](NC(=O)COCCOCCOCCO[C@@H]2O[C@H](CO)[C@H](O)[C@H](O)[C@H]2NC(C)=O)C(=O)N[C@@H](CCCCNC(=O)COCCOCCOCCO[C@@H]2O[C@H](CO)[C@H](O)[C@H](O)[C@H]2NC(C)=O)C(=O)NCCOC(=O)O)O[C@H](CO)[C@H](O)[C@@H]1O. The molecule has 3 heterocycles. The number of amides is 8. The summed E-state index contributed by atoms with van der Waals surface area (Å²) in [5.41, 5.74) is 0. The molecule has 3 aliphatic rings. The van der Waals surface area contributed by atoms with Crippen LogP contribution in [-0.4, -0.2) is 393 Å². The standard InChI is InChI=1S/C63H112N8O35/c1-38(75)67-49-55(84)52(81)43(32-72)104-60(49)100-29-26-94-17-14-91-20-23-97-35-46(78)64-10-6-4-8-41(58(87)66-12-13-103-63(89)90)71-59(88)42(70-48(80)37-99-25-22-93-16-19-96-28-31-102-62-51(69-40(3)77)57(86)54(83)45(34-74)106-62)9-5-7-11-65-47(79)36-98-24-21-92-15-18-95-27-30-101-61-50(68-39(2)76)56(85)53(82)44(33-73)105-61/h41-45,49-57,60-62,72-74,81-86H,4-37H2,1-3H3,(H,64,78)(H,65,79)(H,66,87)(H,67,75)(H,68,76)(H,69,77)(H,70,80)(H,71,88)(H,89,90)/t41-,42-,43+,44+,45+,49+,50+,51+,52-,53-,54-,55+,56+,57+,60+,61+,62+/m0/s1. The van der Waals surface area contributed by atoms with E-state index in [1.54, 1.807) is 0 Å². The molecular weight excluding hydrogens is 1430 g/mol. The van der Waals surface area contributed by atoms with Gasteiger partial charge in [-0.15, -0.1) is 0 Å². The molecule has 0 spiro atoms. The number of unbranched alkanes of at least 4 members (excludes halogenated alkanes) is 2. The van der Waals surface area contributed by atoms with Crippen LogP contribution >= 0.6 is 0 Å². The van der Waals surface area contributed by atoms with Gasteiger partial charge in [0.25, 0.3) is 0 Å². The molecule has 17 atom stereocenters.